The Morgan fingerprint density at radius 2 is 1.96 bits per heavy atom. The minimum Gasteiger partial charge on any atom is -0.386 e. The van der Waals surface area contributed by atoms with Crippen LogP contribution in [0.4, 0.5) is 0 Å². The molecule has 1 atom stereocenters. The number of rotatable bonds is 9. The highest BCUT2D eigenvalue weighted by atomic mass is 127. The summed E-state index contributed by atoms with van der Waals surface area (Å²) in [6.07, 6.45) is 1.71. The fraction of sp³-hybridized carbons (Fsp3) is 0.550. The van der Waals surface area contributed by atoms with Crippen LogP contribution in [0.15, 0.2) is 35.3 Å². The Labute approximate surface area is 184 Å². The summed E-state index contributed by atoms with van der Waals surface area (Å²) in [5.41, 5.74) is 0. The molecule has 1 heterocycles. The molecule has 0 saturated heterocycles. The number of benzene rings is 1. The lowest BCUT2D eigenvalue weighted by atomic mass is 10.2. The van der Waals surface area contributed by atoms with Crippen molar-refractivity contribution in [3.05, 3.63) is 35.2 Å². The van der Waals surface area contributed by atoms with Crippen LogP contribution >= 0.6 is 35.3 Å². The van der Waals surface area contributed by atoms with Gasteiger partial charge in [0.05, 0.1) is 0 Å². The standard InChI is InChI=1S/C20H32N4OS.HI/c1-15(2)24(4)12-8-7-11-22-20(21-3)23-14-17(25)19-13-16-9-5-6-10-18(16)26-19;/h5-6,9-10,13,15,17,25H,7-8,11-12,14H2,1-4H3,(H2,21,22,23);1H. The number of aliphatic imine (C=N–C) groups is 1. The van der Waals surface area contributed by atoms with Crippen LogP contribution in [-0.4, -0.2) is 55.7 Å². The lowest BCUT2D eigenvalue weighted by molar-refractivity contribution is 0.184. The summed E-state index contributed by atoms with van der Waals surface area (Å²) < 4.78 is 1.20. The molecule has 1 aromatic heterocycles. The van der Waals surface area contributed by atoms with Gasteiger partial charge in [-0.05, 0) is 57.8 Å². The minimum atomic E-state index is -0.536. The first-order valence-corrected chi connectivity index (χ1v) is 10.1. The van der Waals surface area contributed by atoms with Gasteiger partial charge in [-0.3, -0.25) is 4.99 Å². The largest absolute Gasteiger partial charge is 0.386 e. The Morgan fingerprint density at radius 3 is 2.63 bits per heavy atom. The van der Waals surface area contributed by atoms with Crippen molar-refractivity contribution < 1.29 is 5.11 Å². The van der Waals surface area contributed by atoms with E-state index in [1.807, 2.05) is 12.1 Å². The molecular formula is C20H33IN4OS. The number of fused-ring (bicyclic) bond motifs is 1. The molecule has 0 aliphatic rings. The van der Waals surface area contributed by atoms with Crippen LogP contribution in [0, 0.1) is 0 Å². The number of nitrogens with zero attached hydrogens (tertiary/aromatic N) is 2. The molecule has 1 aromatic carbocycles. The number of thiophene rings is 1. The van der Waals surface area contributed by atoms with Crippen molar-refractivity contribution in [3.8, 4) is 0 Å². The molecule has 3 N–H and O–H groups in total. The number of hydrogen-bond donors (Lipinski definition) is 3. The highest BCUT2D eigenvalue weighted by molar-refractivity contribution is 14.0. The normalized spacial score (nSPS) is 13.1. The molecule has 0 fully saturated rings. The summed E-state index contributed by atoms with van der Waals surface area (Å²) >= 11 is 1.64. The Morgan fingerprint density at radius 1 is 1.22 bits per heavy atom. The number of guanidine groups is 1. The van der Waals surface area contributed by atoms with E-state index in [0.717, 1.165) is 36.8 Å². The van der Waals surface area contributed by atoms with Gasteiger partial charge in [0, 0.05) is 35.8 Å². The fourth-order valence-corrected chi connectivity index (χ4v) is 3.68. The summed E-state index contributed by atoms with van der Waals surface area (Å²) in [5, 5.41) is 18.2. The van der Waals surface area contributed by atoms with Crippen LogP contribution in [0.5, 0.6) is 0 Å². The Hall–Kier alpha value is -0.900. The molecular weight excluding hydrogens is 471 g/mol. The van der Waals surface area contributed by atoms with E-state index < -0.39 is 6.10 Å². The number of nitrogens with one attached hydrogen (secondary N) is 2. The number of unbranched alkanes of at least 4 members (excludes halogenated alkanes) is 1. The van der Waals surface area contributed by atoms with Gasteiger partial charge in [0.15, 0.2) is 5.96 Å². The van der Waals surface area contributed by atoms with Crippen molar-refractivity contribution in [3.63, 3.8) is 0 Å². The molecule has 0 aliphatic carbocycles. The van der Waals surface area contributed by atoms with Gasteiger partial charge in [0.2, 0.25) is 0 Å². The maximum atomic E-state index is 10.4. The molecule has 0 bridgehead atoms. The summed E-state index contributed by atoms with van der Waals surface area (Å²) in [4.78, 5) is 7.57. The van der Waals surface area contributed by atoms with Crippen molar-refractivity contribution in [2.24, 2.45) is 4.99 Å². The highest BCUT2D eigenvalue weighted by Gasteiger charge is 2.12. The topological polar surface area (TPSA) is 59.9 Å². The van der Waals surface area contributed by atoms with Crippen LogP contribution in [0.2, 0.25) is 0 Å². The maximum Gasteiger partial charge on any atom is 0.191 e. The van der Waals surface area contributed by atoms with Crippen molar-refractivity contribution in [1.29, 1.82) is 0 Å². The van der Waals surface area contributed by atoms with Crippen molar-refractivity contribution in [1.82, 2.24) is 15.5 Å². The third kappa shape index (κ3) is 7.93. The van der Waals surface area contributed by atoms with Crippen molar-refractivity contribution in [2.45, 2.75) is 38.8 Å². The van der Waals surface area contributed by atoms with Crippen LogP contribution in [0.3, 0.4) is 0 Å². The lowest BCUT2D eigenvalue weighted by Crippen LogP contribution is -2.39. The Kier molecular flexibility index (Phi) is 11.2. The van der Waals surface area contributed by atoms with E-state index in [-0.39, 0.29) is 24.0 Å². The molecule has 0 spiro atoms. The van der Waals surface area contributed by atoms with Gasteiger partial charge in [0.1, 0.15) is 6.10 Å². The minimum absolute atomic E-state index is 0. The number of aliphatic hydroxyl groups is 1. The van der Waals surface area contributed by atoms with Gasteiger partial charge in [0.25, 0.3) is 0 Å². The summed E-state index contributed by atoms with van der Waals surface area (Å²) in [6, 6.07) is 10.9. The molecule has 1 unspecified atom stereocenters. The average molecular weight is 504 g/mol. The van der Waals surface area contributed by atoms with Crippen LogP contribution in [0.1, 0.15) is 37.7 Å². The van der Waals surface area contributed by atoms with E-state index in [1.165, 1.54) is 10.1 Å². The summed E-state index contributed by atoms with van der Waals surface area (Å²) in [7, 11) is 3.92. The third-order valence-corrected chi connectivity index (χ3v) is 5.79. The molecule has 0 saturated carbocycles. The van der Waals surface area contributed by atoms with Gasteiger partial charge in [-0.1, -0.05) is 18.2 Å². The first-order chi connectivity index (χ1) is 12.5. The van der Waals surface area contributed by atoms with Crippen LogP contribution in [0.25, 0.3) is 10.1 Å². The van der Waals surface area contributed by atoms with E-state index in [1.54, 1.807) is 18.4 Å². The van der Waals surface area contributed by atoms with Gasteiger partial charge in [-0.25, -0.2) is 0 Å². The molecule has 27 heavy (non-hydrogen) atoms. The zero-order valence-electron chi connectivity index (χ0n) is 16.7. The van der Waals surface area contributed by atoms with E-state index >= 15 is 0 Å². The fourth-order valence-electron chi connectivity index (χ4n) is 2.63. The van der Waals surface area contributed by atoms with Crippen LogP contribution in [-0.2, 0) is 0 Å². The highest BCUT2D eigenvalue weighted by Crippen LogP contribution is 2.29. The Balaban J connectivity index is 0.00000364. The predicted octanol–water partition coefficient (Wildman–Crippen LogP) is 3.84. The molecule has 2 aromatic rings. The smallest absolute Gasteiger partial charge is 0.191 e. The number of aliphatic hydroxyl groups excluding tert-OH is 1. The zero-order valence-corrected chi connectivity index (χ0v) is 19.9. The molecule has 2 rings (SSSR count). The molecule has 5 nitrogen and oxygen atoms in total. The molecule has 7 heteroatoms. The molecule has 152 valence electrons. The summed E-state index contributed by atoms with van der Waals surface area (Å²) in [5.74, 6) is 0.738. The average Bonchev–Trinajstić information content (AvgIpc) is 3.07. The SMILES string of the molecule is CN=C(NCCCCN(C)C(C)C)NCC(O)c1cc2ccccc2s1.I. The second-order valence-corrected chi connectivity index (χ2v) is 7.98. The van der Waals surface area contributed by atoms with E-state index in [2.05, 4.69) is 59.6 Å². The quantitative estimate of drug-likeness (QED) is 0.210. The monoisotopic (exact) mass is 504 g/mol. The van der Waals surface area contributed by atoms with Gasteiger partial charge >= 0.3 is 0 Å². The van der Waals surface area contributed by atoms with Gasteiger partial charge in [-0.2, -0.15) is 0 Å². The number of hydrogen-bond acceptors (Lipinski definition) is 4. The second kappa shape index (κ2) is 12.5. The maximum absolute atomic E-state index is 10.4. The number of halogens is 1. The van der Waals surface area contributed by atoms with Crippen molar-refractivity contribution >= 4 is 51.4 Å². The summed E-state index contributed by atoms with van der Waals surface area (Å²) in [6.45, 7) is 6.86. The Bertz CT molecular complexity index is 671. The second-order valence-electron chi connectivity index (χ2n) is 6.86. The van der Waals surface area contributed by atoms with E-state index in [0.29, 0.717) is 12.6 Å². The van der Waals surface area contributed by atoms with Crippen molar-refractivity contribution in [2.75, 3.05) is 33.7 Å². The first-order valence-electron chi connectivity index (χ1n) is 9.32. The van der Waals surface area contributed by atoms with E-state index in [4.69, 9.17) is 0 Å². The first kappa shape index (κ1) is 24.1. The molecule has 0 radical (unpaired) electrons. The predicted molar refractivity (Wildman–Crippen MR) is 129 cm³/mol. The van der Waals surface area contributed by atoms with Crippen LogP contribution < -0.4 is 10.6 Å². The van der Waals surface area contributed by atoms with E-state index in [9.17, 15) is 5.11 Å². The third-order valence-electron chi connectivity index (χ3n) is 4.57. The molecule has 0 amide bonds. The zero-order chi connectivity index (χ0) is 18.9. The molecule has 0 aliphatic heterocycles. The van der Waals surface area contributed by atoms with Gasteiger partial charge in [-0.15, -0.1) is 35.3 Å². The van der Waals surface area contributed by atoms with Gasteiger partial charge < -0.3 is 20.6 Å². The lowest BCUT2D eigenvalue weighted by Gasteiger charge is -2.20.